The second kappa shape index (κ2) is 4.29. The van der Waals surface area contributed by atoms with Crippen LogP contribution in [0.2, 0.25) is 0 Å². The van der Waals surface area contributed by atoms with Crippen LogP contribution in [-0.4, -0.2) is 5.54 Å². The Morgan fingerprint density at radius 2 is 1.83 bits per heavy atom. The summed E-state index contributed by atoms with van der Waals surface area (Å²) in [5.41, 5.74) is 6.23. The Morgan fingerprint density at radius 3 is 2.56 bits per heavy atom. The highest BCUT2D eigenvalue weighted by Gasteiger charge is 2.38. The highest BCUT2D eigenvalue weighted by molar-refractivity contribution is 5.63. The van der Waals surface area contributed by atoms with Gasteiger partial charge in [0, 0.05) is 11.2 Å². The molecule has 0 radical (unpaired) electrons. The maximum Gasteiger partial charge on any atom is 0.0409 e. The molecule has 1 N–H and O–H groups in total. The molecule has 1 aromatic carbocycles. The second-order valence-corrected chi connectivity index (χ2v) is 6.62. The summed E-state index contributed by atoms with van der Waals surface area (Å²) in [6, 6.07) is 4.70. The third-order valence-corrected chi connectivity index (χ3v) is 4.94. The van der Waals surface area contributed by atoms with Crippen molar-refractivity contribution < 1.29 is 0 Å². The third-order valence-electron chi connectivity index (χ3n) is 4.94. The van der Waals surface area contributed by atoms with E-state index in [1.165, 1.54) is 55.3 Å². The molecule has 1 heterocycles. The normalized spacial score (nSPS) is 25.6. The summed E-state index contributed by atoms with van der Waals surface area (Å²) in [7, 11) is 0. The Hall–Kier alpha value is -0.980. The summed E-state index contributed by atoms with van der Waals surface area (Å²) in [5.74, 6) is 0.706. The highest BCUT2D eigenvalue weighted by atomic mass is 15.0. The molecule has 2 aliphatic rings. The van der Waals surface area contributed by atoms with Crippen LogP contribution in [0.5, 0.6) is 0 Å². The molecule has 3 rings (SSSR count). The molecule has 1 aliphatic carbocycles. The van der Waals surface area contributed by atoms with Crippen LogP contribution in [0.3, 0.4) is 0 Å². The Morgan fingerprint density at radius 1 is 1.11 bits per heavy atom. The van der Waals surface area contributed by atoms with Crippen LogP contribution in [0, 0.1) is 13.8 Å². The first-order valence-corrected chi connectivity index (χ1v) is 7.49. The number of benzene rings is 1. The Bertz CT molecular complexity index is 455. The van der Waals surface area contributed by atoms with Crippen molar-refractivity contribution in [2.45, 2.75) is 70.8 Å². The van der Waals surface area contributed by atoms with E-state index in [1.54, 1.807) is 5.56 Å². The lowest BCUT2D eigenvalue weighted by atomic mass is 9.71. The van der Waals surface area contributed by atoms with Gasteiger partial charge in [-0.2, -0.15) is 0 Å². The summed E-state index contributed by atoms with van der Waals surface area (Å²) in [4.78, 5) is 0. The molecule has 0 bridgehead atoms. The SMILES string of the molecule is Cc1cc(C)c2c(c1)C(C)CC1(CCCCC1)N2. The molecule has 1 spiro atoms. The molecule has 1 unspecified atom stereocenters. The first kappa shape index (κ1) is 12.1. The van der Waals surface area contributed by atoms with E-state index in [0.29, 0.717) is 11.5 Å². The minimum atomic E-state index is 0.407. The molecule has 0 aromatic heterocycles. The van der Waals surface area contributed by atoms with Gasteiger partial charge in [-0.15, -0.1) is 0 Å². The smallest absolute Gasteiger partial charge is 0.0409 e. The second-order valence-electron chi connectivity index (χ2n) is 6.62. The van der Waals surface area contributed by atoms with Crippen LogP contribution < -0.4 is 5.32 Å². The van der Waals surface area contributed by atoms with Crippen molar-refractivity contribution in [1.82, 2.24) is 0 Å². The van der Waals surface area contributed by atoms with Crippen molar-refractivity contribution in [3.63, 3.8) is 0 Å². The fourth-order valence-electron chi connectivity index (χ4n) is 4.13. The topological polar surface area (TPSA) is 12.0 Å². The van der Waals surface area contributed by atoms with Gasteiger partial charge in [0.1, 0.15) is 0 Å². The van der Waals surface area contributed by atoms with Crippen LogP contribution in [0.15, 0.2) is 12.1 Å². The van der Waals surface area contributed by atoms with Gasteiger partial charge in [-0.05, 0) is 50.2 Å². The zero-order chi connectivity index (χ0) is 12.8. The van der Waals surface area contributed by atoms with E-state index in [-0.39, 0.29) is 0 Å². The summed E-state index contributed by atoms with van der Waals surface area (Å²) >= 11 is 0. The Kier molecular flexibility index (Phi) is 2.88. The maximum absolute atomic E-state index is 3.94. The van der Waals surface area contributed by atoms with Crippen molar-refractivity contribution in [2.75, 3.05) is 5.32 Å². The number of nitrogens with one attached hydrogen (secondary N) is 1. The van der Waals surface area contributed by atoms with Gasteiger partial charge in [0.05, 0.1) is 0 Å². The summed E-state index contributed by atoms with van der Waals surface area (Å²) in [5, 5.41) is 3.94. The van der Waals surface area contributed by atoms with Gasteiger partial charge >= 0.3 is 0 Å². The lowest BCUT2D eigenvalue weighted by Crippen LogP contribution is -2.44. The van der Waals surface area contributed by atoms with Crippen LogP contribution in [0.1, 0.15) is 68.1 Å². The van der Waals surface area contributed by atoms with Crippen molar-refractivity contribution in [1.29, 1.82) is 0 Å². The number of fused-ring (bicyclic) bond motifs is 1. The first-order chi connectivity index (χ1) is 8.60. The van der Waals surface area contributed by atoms with Gasteiger partial charge < -0.3 is 5.32 Å². The van der Waals surface area contributed by atoms with Gasteiger partial charge in [-0.1, -0.05) is 43.9 Å². The highest BCUT2D eigenvalue weighted by Crippen LogP contribution is 2.46. The van der Waals surface area contributed by atoms with Crippen molar-refractivity contribution in [2.24, 2.45) is 0 Å². The number of aryl methyl sites for hydroxylation is 2. The van der Waals surface area contributed by atoms with E-state index < -0.39 is 0 Å². The van der Waals surface area contributed by atoms with E-state index in [4.69, 9.17) is 0 Å². The quantitative estimate of drug-likeness (QED) is 0.681. The Balaban J connectivity index is 2.01. The largest absolute Gasteiger partial charge is 0.379 e. The minimum Gasteiger partial charge on any atom is -0.379 e. The molecule has 1 saturated carbocycles. The molecule has 18 heavy (non-hydrogen) atoms. The minimum absolute atomic E-state index is 0.407. The Labute approximate surface area is 111 Å². The van der Waals surface area contributed by atoms with E-state index in [1.807, 2.05) is 0 Å². The lowest BCUT2D eigenvalue weighted by molar-refractivity contribution is 0.281. The maximum atomic E-state index is 3.94. The number of hydrogen-bond donors (Lipinski definition) is 1. The number of rotatable bonds is 0. The molecule has 0 saturated heterocycles. The van der Waals surface area contributed by atoms with E-state index in [2.05, 4.69) is 38.2 Å². The van der Waals surface area contributed by atoms with Gasteiger partial charge in [0.2, 0.25) is 0 Å². The van der Waals surface area contributed by atoms with Crippen molar-refractivity contribution >= 4 is 5.69 Å². The summed E-state index contributed by atoms with van der Waals surface area (Å²) in [6.07, 6.45) is 8.29. The predicted molar refractivity (Wildman–Crippen MR) is 78.4 cm³/mol. The van der Waals surface area contributed by atoms with E-state index >= 15 is 0 Å². The van der Waals surface area contributed by atoms with Gasteiger partial charge in [-0.25, -0.2) is 0 Å². The standard InChI is InChI=1S/C17H25N/c1-12-9-13(2)16-15(10-12)14(3)11-17(18-16)7-5-4-6-8-17/h9-10,14,18H,4-8,11H2,1-3H3. The summed E-state index contributed by atoms with van der Waals surface area (Å²) < 4.78 is 0. The average Bonchev–Trinajstić information content (AvgIpc) is 2.32. The van der Waals surface area contributed by atoms with Crippen LogP contribution in [0.25, 0.3) is 0 Å². The van der Waals surface area contributed by atoms with Gasteiger partial charge in [-0.3, -0.25) is 0 Å². The van der Waals surface area contributed by atoms with Crippen molar-refractivity contribution in [3.05, 3.63) is 28.8 Å². The molecule has 98 valence electrons. The van der Waals surface area contributed by atoms with Crippen LogP contribution >= 0.6 is 0 Å². The number of hydrogen-bond acceptors (Lipinski definition) is 1. The zero-order valence-corrected chi connectivity index (χ0v) is 12.0. The molecule has 1 atom stereocenters. The number of anilines is 1. The monoisotopic (exact) mass is 243 g/mol. The fourth-order valence-corrected chi connectivity index (χ4v) is 4.13. The molecular formula is C17H25N. The molecule has 1 aliphatic heterocycles. The fraction of sp³-hybridized carbons (Fsp3) is 0.647. The van der Waals surface area contributed by atoms with Gasteiger partial charge in [0.25, 0.3) is 0 Å². The van der Waals surface area contributed by atoms with Gasteiger partial charge in [0.15, 0.2) is 0 Å². The van der Waals surface area contributed by atoms with Crippen LogP contribution in [-0.2, 0) is 0 Å². The molecule has 1 aromatic rings. The predicted octanol–water partition coefficient (Wildman–Crippen LogP) is 4.93. The molecule has 0 amide bonds. The molecule has 1 nitrogen and oxygen atoms in total. The van der Waals surface area contributed by atoms with E-state index in [0.717, 1.165) is 0 Å². The summed E-state index contributed by atoms with van der Waals surface area (Å²) in [6.45, 7) is 6.88. The van der Waals surface area contributed by atoms with Crippen LogP contribution in [0.4, 0.5) is 5.69 Å². The first-order valence-electron chi connectivity index (χ1n) is 7.49. The molecule has 1 heteroatoms. The zero-order valence-electron chi connectivity index (χ0n) is 12.0. The van der Waals surface area contributed by atoms with Crippen molar-refractivity contribution in [3.8, 4) is 0 Å². The molecular weight excluding hydrogens is 218 g/mol. The third kappa shape index (κ3) is 1.94. The van der Waals surface area contributed by atoms with E-state index in [9.17, 15) is 0 Å². The average molecular weight is 243 g/mol. The molecule has 1 fully saturated rings. The lowest BCUT2D eigenvalue weighted by Gasteiger charge is -2.46.